The third-order valence-corrected chi connectivity index (χ3v) is 2.83. The second-order valence-corrected chi connectivity index (χ2v) is 4.06. The molecule has 0 bridgehead atoms. The van der Waals surface area contributed by atoms with Crippen LogP contribution in [0.4, 0.5) is 11.5 Å². The van der Waals surface area contributed by atoms with Crippen molar-refractivity contribution < 1.29 is 5.21 Å². The van der Waals surface area contributed by atoms with Crippen molar-refractivity contribution in [2.24, 2.45) is 10.9 Å². The minimum atomic E-state index is 0.0879. The molecule has 0 radical (unpaired) electrons. The molecule has 1 heterocycles. The molecule has 0 spiro atoms. The first-order valence-corrected chi connectivity index (χ1v) is 5.73. The summed E-state index contributed by atoms with van der Waals surface area (Å²) in [4.78, 5) is 10.4. The average molecular weight is 257 g/mol. The Morgan fingerprint density at radius 2 is 1.84 bits per heavy atom. The molecule has 1 aromatic heterocycles. The number of aromatic nitrogens is 2. The first kappa shape index (κ1) is 12.8. The molecule has 0 aliphatic rings. The van der Waals surface area contributed by atoms with E-state index in [4.69, 9.17) is 10.9 Å². The van der Waals surface area contributed by atoms with Crippen LogP contribution in [0.15, 0.2) is 41.8 Å². The fourth-order valence-corrected chi connectivity index (χ4v) is 1.77. The van der Waals surface area contributed by atoms with E-state index in [1.165, 1.54) is 0 Å². The molecule has 1 aromatic carbocycles. The summed E-state index contributed by atoms with van der Waals surface area (Å²) in [5.74, 6) is 0.879. The number of aryl methyl sites for hydroxylation is 1. The van der Waals surface area contributed by atoms with Gasteiger partial charge in [-0.15, -0.1) is 0 Å². The van der Waals surface area contributed by atoms with Crippen molar-refractivity contribution in [3.05, 3.63) is 47.9 Å². The van der Waals surface area contributed by atoms with Crippen LogP contribution in [0.5, 0.6) is 0 Å². The molecule has 0 saturated heterocycles. The highest BCUT2D eigenvalue weighted by Gasteiger charge is 2.09. The molecule has 0 saturated carbocycles. The van der Waals surface area contributed by atoms with Gasteiger partial charge in [-0.2, -0.15) is 0 Å². The summed E-state index contributed by atoms with van der Waals surface area (Å²) in [7, 11) is 1.91. The molecule has 2 aromatic rings. The Hall–Kier alpha value is -2.63. The Balaban J connectivity index is 2.30. The largest absolute Gasteiger partial charge is 0.409 e. The van der Waals surface area contributed by atoms with Crippen LogP contribution in [0.25, 0.3) is 0 Å². The van der Waals surface area contributed by atoms with Crippen LogP contribution in [-0.2, 0) is 0 Å². The minimum Gasteiger partial charge on any atom is -0.409 e. The van der Waals surface area contributed by atoms with Gasteiger partial charge in [-0.05, 0) is 31.2 Å². The first-order chi connectivity index (χ1) is 9.13. The van der Waals surface area contributed by atoms with Gasteiger partial charge in [-0.25, -0.2) is 4.98 Å². The average Bonchev–Trinajstić information content (AvgIpc) is 2.46. The molecule has 2 rings (SSSR count). The lowest BCUT2D eigenvalue weighted by molar-refractivity contribution is 0.318. The minimum absolute atomic E-state index is 0.0879. The van der Waals surface area contributed by atoms with Crippen molar-refractivity contribution >= 4 is 17.3 Å². The van der Waals surface area contributed by atoms with Crippen molar-refractivity contribution in [1.29, 1.82) is 0 Å². The number of hydrogen-bond acceptors (Lipinski definition) is 5. The Kier molecular flexibility index (Phi) is 3.61. The van der Waals surface area contributed by atoms with Crippen LogP contribution in [0, 0.1) is 6.92 Å². The predicted molar refractivity (Wildman–Crippen MR) is 73.8 cm³/mol. The van der Waals surface area contributed by atoms with Crippen LogP contribution < -0.4 is 10.6 Å². The van der Waals surface area contributed by atoms with Crippen LogP contribution in [0.3, 0.4) is 0 Å². The van der Waals surface area contributed by atoms with Gasteiger partial charge in [0, 0.05) is 30.7 Å². The molecule has 6 nitrogen and oxygen atoms in total. The number of nitrogens with two attached hydrogens (primary N) is 1. The fraction of sp³-hybridized carbons (Fsp3) is 0.154. The van der Waals surface area contributed by atoms with Gasteiger partial charge in [0.2, 0.25) is 0 Å². The summed E-state index contributed by atoms with van der Waals surface area (Å²) >= 11 is 0. The maximum atomic E-state index is 8.62. The number of nitrogens with zero attached hydrogens (tertiary/aromatic N) is 4. The zero-order valence-corrected chi connectivity index (χ0v) is 10.8. The third kappa shape index (κ3) is 2.62. The zero-order chi connectivity index (χ0) is 13.8. The molecule has 98 valence electrons. The Labute approximate surface area is 111 Å². The van der Waals surface area contributed by atoms with Gasteiger partial charge in [0.25, 0.3) is 0 Å². The maximum absolute atomic E-state index is 8.62. The van der Waals surface area contributed by atoms with E-state index < -0.39 is 0 Å². The molecule has 6 heteroatoms. The summed E-state index contributed by atoms with van der Waals surface area (Å²) in [6.07, 6.45) is 3.32. The smallest absolute Gasteiger partial charge is 0.170 e. The summed E-state index contributed by atoms with van der Waals surface area (Å²) in [6.45, 7) is 1.91. The molecular formula is C13H15N5O. The van der Waals surface area contributed by atoms with Crippen LogP contribution in [0.1, 0.15) is 11.3 Å². The molecule has 0 unspecified atom stereocenters. The van der Waals surface area contributed by atoms with Crippen molar-refractivity contribution in [3.8, 4) is 0 Å². The molecule has 3 N–H and O–H groups in total. The molecule has 0 atom stereocenters. The molecule has 0 aliphatic carbocycles. The highest BCUT2D eigenvalue weighted by Crippen LogP contribution is 2.23. The second-order valence-electron chi connectivity index (χ2n) is 4.06. The van der Waals surface area contributed by atoms with Gasteiger partial charge < -0.3 is 15.8 Å². The summed E-state index contributed by atoms with van der Waals surface area (Å²) < 4.78 is 0. The summed E-state index contributed by atoms with van der Waals surface area (Å²) in [5.41, 5.74) is 7.98. The third-order valence-electron chi connectivity index (χ3n) is 2.83. The number of rotatable bonds is 3. The highest BCUT2D eigenvalue weighted by atomic mass is 16.4. The molecule has 0 amide bonds. The molecular weight excluding hydrogens is 242 g/mol. The Bertz CT molecular complexity index is 594. The Morgan fingerprint density at radius 1 is 1.21 bits per heavy atom. The predicted octanol–water partition coefficient (Wildman–Crippen LogP) is 1.65. The normalized spacial score (nSPS) is 11.4. The highest BCUT2D eigenvalue weighted by molar-refractivity contribution is 5.97. The topological polar surface area (TPSA) is 87.6 Å². The quantitative estimate of drug-likeness (QED) is 0.378. The van der Waals surface area contributed by atoms with Crippen LogP contribution in [-0.4, -0.2) is 28.1 Å². The SMILES string of the molecule is Cc1nccnc1N(C)c1ccc(/C(N)=N/O)cc1. The molecule has 0 fully saturated rings. The first-order valence-electron chi connectivity index (χ1n) is 5.73. The van der Waals surface area contributed by atoms with Gasteiger partial charge in [-0.3, -0.25) is 4.98 Å². The van der Waals surface area contributed by atoms with Crippen LogP contribution in [0.2, 0.25) is 0 Å². The van der Waals surface area contributed by atoms with Crippen molar-refractivity contribution in [2.45, 2.75) is 6.92 Å². The van der Waals surface area contributed by atoms with Crippen molar-refractivity contribution in [2.75, 3.05) is 11.9 Å². The van der Waals surface area contributed by atoms with E-state index in [-0.39, 0.29) is 5.84 Å². The summed E-state index contributed by atoms with van der Waals surface area (Å²) in [6, 6.07) is 7.32. The number of hydrogen-bond donors (Lipinski definition) is 2. The van der Waals surface area contributed by atoms with Gasteiger partial charge in [0.1, 0.15) is 0 Å². The monoisotopic (exact) mass is 257 g/mol. The lowest BCUT2D eigenvalue weighted by atomic mass is 10.2. The lowest BCUT2D eigenvalue weighted by Crippen LogP contribution is -2.15. The van der Waals surface area contributed by atoms with E-state index in [0.717, 1.165) is 17.2 Å². The second kappa shape index (κ2) is 5.34. The van der Waals surface area contributed by atoms with E-state index in [2.05, 4.69) is 15.1 Å². The van der Waals surface area contributed by atoms with Crippen LogP contribution >= 0.6 is 0 Å². The Morgan fingerprint density at radius 3 is 2.42 bits per heavy atom. The summed E-state index contributed by atoms with van der Waals surface area (Å²) in [5, 5.41) is 11.6. The van der Waals surface area contributed by atoms with E-state index >= 15 is 0 Å². The van der Waals surface area contributed by atoms with Gasteiger partial charge in [0.05, 0.1) is 5.69 Å². The lowest BCUT2D eigenvalue weighted by Gasteiger charge is -2.19. The maximum Gasteiger partial charge on any atom is 0.170 e. The number of anilines is 2. The molecule has 0 aliphatic heterocycles. The van der Waals surface area contributed by atoms with Gasteiger partial charge in [0.15, 0.2) is 11.7 Å². The zero-order valence-electron chi connectivity index (χ0n) is 10.8. The molecule has 19 heavy (non-hydrogen) atoms. The fourth-order valence-electron chi connectivity index (χ4n) is 1.77. The number of amidine groups is 1. The van der Waals surface area contributed by atoms with Gasteiger partial charge in [-0.1, -0.05) is 5.16 Å². The van der Waals surface area contributed by atoms with Crippen molar-refractivity contribution in [3.63, 3.8) is 0 Å². The van der Waals surface area contributed by atoms with Crippen molar-refractivity contribution in [1.82, 2.24) is 9.97 Å². The van der Waals surface area contributed by atoms with Gasteiger partial charge >= 0.3 is 0 Å². The number of benzene rings is 1. The standard InChI is InChI=1S/C13H15N5O/c1-9-13(16-8-7-15-9)18(2)11-5-3-10(4-6-11)12(14)17-19/h3-8,19H,1-2H3,(H2,14,17). The van der Waals surface area contributed by atoms with E-state index in [9.17, 15) is 0 Å². The van der Waals surface area contributed by atoms with E-state index in [1.54, 1.807) is 24.5 Å². The van der Waals surface area contributed by atoms with E-state index in [0.29, 0.717) is 5.56 Å². The van der Waals surface area contributed by atoms with E-state index in [1.807, 2.05) is 31.0 Å². The number of oxime groups is 1.